The van der Waals surface area contributed by atoms with Gasteiger partial charge in [0.15, 0.2) is 0 Å². The molecule has 0 saturated carbocycles. The molecular formula is C19H22FN. The van der Waals surface area contributed by atoms with Crippen LogP contribution >= 0.6 is 0 Å². The lowest BCUT2D eigenvalue weighted by molar-refractivity contribution is 0.469. The van der Waals surface area contributed by atoms with Crippen LogP contribution in [-0.4, -0.2) is 6.54 Å². The summed E-state index contributed by atoms with van der Waals surface area (Å²) in [6, 6.07) is 13.6. The summed E-state index contributed by atoms with van der Waals surface area (Å²) in [5.41, 5.74) is 4.60. The fourth-order valence-corrected chi connectivity index (χ4v) is 3.26. The molecule has 21 heavy (non-hydrogen) atoms. The smallest absolute Gasteiger partial charge is 0.126 e. The van der Waals surface area contributed by atoms with Crippen LogP contribution in [0, 0.1) is 11.7 Å². The SMILES string of the molecule is CC(C)C1CCNc2ccc(Cc3ccccc3F)cc21. The Morgan fingerprint density at radius 3 is 2.76 bits per heavy atom. The van der Waals surface area contributed by atoms with Crippen LogP contribution in [0.3, 0.4) is 0 Å². The standard InChI is InChI=1S/C19H22FN/c1-13(2)16-9-10-21-19-8-7-14(12-17(16)19)11-15-5-3-4-6-18(15)20/h3-8,12-13,16,21H,9-11H2,1-2H3. The van der Waals surface area contributed by atoms with E-state index < -0.39 is 0 Å². The number of rotatable bonds is 3. The quantitative estimate of drug-likeness (QED) is 0.838. The molecule has 0 saturated heterocycles. The average Bonchev–Trinajstić information content (AvgIpc) is 2.49. The molecule has 0 radical (unpaired) electrons. The van der Waals surface area contributed by atoms with Gasteiger partial charge in [-0.15, -0.1) is 0 Å². The number of hydrogen-bond donors (Lipinski definition) is 1. The number of hydrogen-bond acceptors (Lipinski definition) is 1. The Hall–Kier alpha value is -1.83. The molecule has 1 unspecified atom stereocenters. The highest BCUT2D eigenvalue weighted by Gasteiger charge is 2.23. The van der Waals surface area contributed by atoms with E-state index in [2.05, 4.69) is 37.4 Å². The van der Waals surface area contributed by atoms with Gasteiger partial charge in [0.05, 0.1) is 0 Å². The molecule has 0 aromatic heterocycles. The average molecular weight is 283 g/mol. The van der Waals surface area contributed by atoms with Crippen LogP contribution in [0.5, 0.6) is 0 Å². The third-order valence-corrected chi connectivity index (χ3v) is 4.44. The van der Waals surface area contributed by atoms with Crippen molar-refractivity contribution in [2.24, 2.45) is 5.92 Å². The minimum atomic E-state index is -0.117. The molecule has 1 heterocycles. The third-order valence-electron chi connectivity index (χ3n) is 4.44. The maximum Gasteiger partial charge on any atom is 0.126 e. The molecule has 2 aromatic rings. The molecule has 2 aromatic carbocycles. The lowest BCUT2D eigenvalue weighted by atomic mass is 9.81. The number of benzene rings is 2. The summed E-state index contributed by atoms with van der Waals surface area (Å²) in [5.74, 6) is 1.12. The van der Waals surface area contributed by atoms with E-state index >= 15 is 0 Å². The summed E-state index contributed by atoms with van der Waals surface area (Å²) in [4.78, 5) is 0. The van der Waals surface area contributed by atoms with Gasteiger partial charge in [-0.3, -0.25) is 0 Å². The van der Waals surface area contributed by atoms with Crippen molar-refractivity contribution in [3.05, 3.63) is 65.0 Å². The van der Waals surface area contributed by atoms with Gasteiger partial charge in [-0.2, -0.15) is 0 Å². The Labute approximate surface area is 126 Å². The number of halogens is 1. The third kappa shape index (κ3) is 2.94. The first-order valence-corrected chi connectivity index (χ1v) is 7.75. The van der Waals surface area contributed by atoms with Crippen LogP contribution in [0.25, 0.3) is 0 Å². The zero-order chi connectivity index (χ0) is 14.8. The molecule has 0 aliphatic carbocycles. The lowest BCUT2D eigenvalue weighted by Gasteiger charge is -2.30. The van der Waals surface area contributed by atoms with Gasteiger partial charge >= 0.3 is 0 Å². The van der Waals surface area contributed by atoms with E-state index in [0.717, 1.165) is 12.1 Å². The normalized spacial score (nSPS) is 17.4. The molecule has 1 atom stereocenters. The lowest BCUT2D eigenvalue weighted by Crippen LogP contribution is -2.20. The van der Waals surface area contributed by atoms with Crippen LogP contribution in [-0.2, 0) is 6.42 Å². The fourth-order valence-electron chi connectivity index (χ4n) is 3.26. The van der Waals surface area contributed by atoms with E-state index in [9.17, 15) is 4.39 Å². The number of fused-ring (bicyclic) bond motifs is 1. The van der Waals surface area contributed by atoms with Crippen LogP contribution in [0.4, 0.5) is 10.1 Å². The molecule has 1 aliphatic rings. The van der Waals surface area contributed by atoms with Gasteiger partial charge in [-0.1, -0.05) is 44.2 Å². The van der Waals surface area contributed by atoms with Crippen molar-refractivity contribution in [3.63, 3.8) is 0 Å². The Kier molecular flexibility index (Phi) is 3.96. The Bertz CT molecular complexity index is 633. The largest absolute Gasteiger partial charge is 0.385 e. The van der Waals surface area contributed by atoms with Crippen molar-refractivity contribution in [2.45, 2.75) is 32.6 Å². The summed E-state index contributed by atoms with van der Waals surface area (Å²) in [6.45, 7) is 5.61. The first-order chi connectivity index (χ1) is 10.1. The predicted octanol–water partition coefficient (Wildman–Crippen LogP) is 4.97. The van der Waals surface area contributed by atoms with Crippen molar-refractivity contribution in [3.8, 4) is 0 Å². The molecule has 0 bridgehead atoms. The predicted molar refractivity (Wildman–Crippen MR) is 86.3 cm³/mol. The van der Waals surface area contributed by atoms with Crippen LogP contribution < -0.4 is 5.32 Å². The van der Waals surface area contributed by atoms with Crippen LogP contribution in [0.2, 0.25) is 0 Å². The Morgan fingerprint density at radius 1 is 1.19 bits per heavy atom. The topological polar surface area (TPSA) is 12.0 Å². The van der Waals surface area contributed by atoms with Gasteiger partial charge in [0, 0.05) is 18.7 Å². The van der Waals surface area contributed by atoms with E-state index in [1.807, 2.05) is 12.1 Å². The van der Waals surface area contributed by atoms with E-state index in [1.165, 1.54) is 29.3 Å². The van der Waals surface area contributed by atoms with Gasteiger partial charge in [0.25, 0.3) is 0 Å². The van der Waals surface area contributed by atoms with Gasteiger partial charge in [-0.05, 0) is 47.1 Å². The minimum Gasteiger partial charge on any atom is -0.385 e. The Balaban J connectivity index is 1.92. The number of anilines is 1. The van der Waals surface area contributed by atoms with Crippen molar-refractivity contribution < 1.29 is 4.39 Å². The highest BCUT2D eigenvalue weighted by molar-refractivity contribution is 5.56. The van der Waals surface area contributed by atoms with Crippen LogP contribution in [0.15, 0.2) is 42.5 Å². The molecule has 1 aliphatic heterocycles. The molecular weight excluding hydrogens is 261 g/mol. The van der Waals surface area contributed by atoms with Crippen molar-refractivity contribution >= 4 is 5.69 Å². The maximum atomic E-state index is 13.8. The highest BCUT2D eigenvalue weighted by Crippen LogP contribution is 2.37. The molecule has 3 rings (SSSR count). The van der Waals surface area contributed by atoms with E-state index in [1.54, 1.807) is 6.07 Å². The summed E-state index contributed by atoms with van der Waals surface area (Å²) in [6.07, 6.45) is 1.83. The monoisotopic (exact) mass is 283 g/mol. The summed E-state index contributed by atoms with van der Waals surface area (Å²) in [7, 11) is 0. The maximum absolute atomic E-state index is 13.8. The molecule has 0 amide bonds. The molecule has 1 nitrogen and oxygen atoms in total. The van der Waals surface area contributed by atoms with Gasteiger partial charge in [0.1, 0.15) is 5.82 Å². The second-order valence-corrected chi connectivity index (χ2v) is 6.26. The van der Waals surface area contributed by atoms with Gasteiger partial charge in [-0.25, -0.2) is 4.39 Å². The van der Waals surface area contributed by atoms with Crippen molar-refractivity contribution in [1.82, 2.24) is 0 Å². The number of nitrogens with one attached hydrogen (secondary N) is 1. The van der Waals surface area contributed by atoms with Crippen molar-refractivity contribution in [1.29, 1.82) is 0 Å². The van der Waals surface area contributed by atoms with E-state index in [0.29, 0.717) is 18.3 Å². The summed E-state index contributed by atoms with van der Waals surface area (Å²) >= 11 is 0. The van der Waals surface area contributed by atoms with E-state index in [4.69, 9.17) is 0 Å². The van der Waals surface area contributed by atoms with Crippen molar-refractivity contribution in [2.75, 3.05) is 11.9 Å². The second-order valence-electron chi connectivity index (χ2n) is 6.26. The molecule has 2 heteroatoms. The zero-order valence-electron chi connectivity index (χ0n) is 12.7. The first kappa shape index (κ1) is 14.1. The Morgan fingerprint density at radius 2 is 2.00 bits per heavy atom. The minimum absolute atomic E-state index is 0.117. The molecule has 0 fully saturated rings. The van der Waals surface area contributed by atoms with Crippen LogP contribution in [0.1, 0.15) is 42.9 Å². The molecule has 0 spiro atoms. The van der Waals surface area contributed by atoms with E-state index in [-0.39, 0.29) is 5.82 Å². The highest BCUT2D eigenvalue weighted by atomic mass is 19.1. The summed E-state index contributed by atoms with van der Waals surface area (Å²) in [5, 5.41) is 3.48. The fraction of sp³-hybridized carbons (Fsp3) is 0.368. The molecule has 1 N–H and O–H groups in total. The molecule has 110 valence electrons. The summed E-state index contributed by atoms with van der Waals surface area (Å²) < 4.78 is 13.8. The first-order valence-electron chi connectivity index (χ1n) is 7.75. The van der Waals surface area contributed by atoms with Gasteiger partial charge < -0.3 is 5.32 Å². The zero-order valence-corrected chi connectivity index (χ0v) is 12.7. The van der Waals surface area contributed by atoms with Gasteiger partial charge in [0.2, 0.25) is 0 Å². The second kappa shape index (κ2) is 5.88.